The number of carbonyl (C=O) groups is 1. The zero-order chi connectivity index (χ0) is 22.9. The van der Waals surface area contributed by atoms with Crippen molar-refractivity contribution in [3.63, 3.8) is 0 Å². The van der Waals surface area contributed by atoms with Gasteiger partial charge in [0.2, 0.25) is 0 Å². The molecule has 6 nitrogen and oxygen atoms in total. The van der Waals surface area contributed by atoms with E-state index in [-0.39, 0.29) is 17.6 Å². The van der Waals surface area contributed by atoms with Crippen LogP contribution in [0.2, 0.25) is 0 Å². The van der Waals surface area contributed by atoms with Crippen molar-refractivity contribution < 1.29 is 13.9 Å². The minimum absolute atomic E-state index is 0.0114. The molecule has 1 atom stereocenters. The molecule has 1 fully saturated rings. The van der Waals surface area contributed by atoms with E-state index in [2.05, 4.69) is 11.8 Å². The summed E-state index contributed by atoms with van der Waals surface area (Å²) in [5.41, 5.74) is 2.45. The molecular weight excluding hydrogens is 407 g/mol. The maximum absolute atomic E-state index is 13.3. The largest absolute Gasteiger partial charge is 0.369 e. The lowest BCUT2D eigenvalue weighted by Crippen LogP contribution is -2.49. The number of likely N-dealkylation sites (tertiary alicyclic amines) is 1. The number of hydrogen-bond acceptors (Lipinski definition) is 5. The van der Waals surface area contributed by atoms with E-state index in [1.165, 1.54) is 17.7 Å². The van der Waals surface area contributed by atoms with Crippen LogP contribution in [0.15, 0.2) is 24.3 Å². The van der Waals surface area contributed by atoms with Gasteiger partial charge in [-0.3, -0.25) is 4.79 Å². The SMILES string of the molecule is COC(C)(C)C(=O)N1CCC[C@@H](c2nc(C)c3c(n2)N(Cc2ccc(F)cc2)CCC3)C1. The first-order chi connectivity index (χ1) is 15.3. The third-order valence-corrected chi connectivity index (χ3v) is 6.75. The van der Waals surface area contributed by atoms with E-state index < -0.39 is 5.60 Å². The minimum atomic E-state index is -0.833. The number of anilines is 1. The van der Waals surface area contributed by atoms with Gasteiger partial charge in [0, 0.05) is 50.5 Å². The van der Waals surface area contributed by atoms with Crippen LogP contribution < -0.4 is 4.90 Å². The first-order valence-corrected chi connectivity index (χ1v) is 11.5. The highest BCUT2D eigenvalue weighted by molar-refractivity contribution is 5.84. The van der Waals surface area contributed by atoms with Crippen molar-refractivity contribution in [1.82, 2.24) is 14.9 Å². The highest BCUT2D eigenvalue weighted by atomic mass is 19.1. The van der Waals surface area contributed by atoms with E-state index in [1.54, 1.807) is 7.11 Å². The fourth-order valence-electron chi connectivity index (χ4n) is 4.70. The summed E-state index contributed by atoms with van der Waals surface area (Å²) in [7, 11) is 1.57. The number of carbonyl (C=O) groups excluding carboxylic acids is 1. The molecule has 0 bridgehead atoms. The third kappa shape index (κ3) is 4.63. The van der Waals surface area contributed by atoms with Crippen LogP contribution in [0.25, 0.3) is 0 Å². The molecule has 0 unspecified atom stereocenters. The molecule has 1 aromatic heterocycles. The Morgan fingerprint density at radius 2 is 1.94 bits per heavy atom. The van der Waals surface area contributed by atoms with Crippen molar-refractivity contribution in [2.24, 2.45) is 0 Å². The predicted molar refractivity (Wildman–Crippen MR) is 122 cm³/mol. The second-order valence-electron chi connectivity index (χ2n) is 9.43. The minimum Gasteiger partial charge on any atom is -0.369 e. The van der Waals surface area contributed by atoms with Crippen LogP contribution >= 0.6 is 0 Å². The molecule has 4 rings (SSSR count). The van der Waals surface area contributed by atoms with Crippen LogP contribution in [0.5, 0.6) is 0 Å². The first kappa shape index (κ1) is 22.6. The standard InChI is InChI=1S/C25H33FN4O2/c1-17-21-8-6-13-29(15-18-9-11-20(26)12-10-18)23(21)28-22(27-17)19-7-5-14-30(16-19)24(31)25(2,3)32-4/h9-12,19H,5-8,13-16H2,1-4H3/t19-/m1/s1. The molecule has 0 aliphatic carbocycles. The summed E-state index contributed by atoms with van der Waals surface area (Å²) in [6.45, 7) is 8.64. The van der Waals surface area contributed by atoms with Gasteiger partial charge in [-0.15, -0.1) is 0 Å². The Bertz CT molecular complexity index is 977. The number of fused-ring (bicyclic) bond motifs is 1. The number of piperidine rings is 1. The molecule has 2 aliphatic heterocycles. The molecular formula is C25H33FN4O2. The number of halogens is 1. The molecule has 0 spiro atoms. The summed E-state index contributed by atoms with van der Waals surface area (Å²) in [6.07, 6.45) is 3.91. The average Bonchev–Trinajstić information content (AvgIpc) is 2.80. The number of rotatable bonds is 5. The summed E-state index contributed by atoms with van der Waals surface area (Å²) in [6, 6.07) is 6.68. The molecule has 1 amide bonds. The van der Waals surface area contributed by atoms with E-state index in [0.717, 1.165) is 61.7 Å². The number of aryl methyl sites for hydroxylation is 1. The number of benzene rings is 1. The summed E-state index contributed by atoms with van der Waals surface area (Å²) in [4.78, 5) is 27.0. The lowest BCUT2D eigenvalue weighted by atomic mass is 9.94. The highest BCUT2D eigenvalue weighted by Crippen LogP contribution is 2.33. The van der Waals surface area contributed by atoms with Crippen molar-refractivity contribution in [2.75, 3.05) is 31.6 Å². The fourth-order valence-corrected chi connectivity index (χ4v) is 4.70. The third-order valence-electron chi connectivity index (χ3n) is 6.75. The number of nitrogens with zero attached hydrogens (tertiary/aromatic N) is 4. The highest BCUT2D eigenvalue weighted by Gasteiger charge is 2.36. The van der Waals surface area contributed by atoms with Gasteiger partial charge in [-0.25, -0.2) is 14.4 Å². The fraction of sp³-hybridized carbons (Fsp3) is 0.560. The maximum Gasteiger partial charge on any atom is 0.254 e. The Hall–Kier alpha value is -2.54. The van der Waals surface area contributed by atoms with Gasteiger partial charge in [-0.05, 0) is 64.2 Å². The summed E-state index contributed by atoms with van der Waals surface area (Å²) >= 11 is 0. The van der Waals surface area contributed by atoms with Crippen molar-refractivity contribution in [3.8, 4) is 0 Å². The zero-order valence-electron chi connectivity index (χ0n) is 19.5. The smallest absolute Gasteiger partial charge is 0.254 e. The van der Waals surface area contributed by atoms with Crippen molar-refractivity contribution >= 4 is 11.7 Å². The predicted octanol–water partition coefficient (Wildman–Crippen LogP) is 4.01. The normalized spacial score (nSPS) is 19.1. The van der Waals surface area contributed by atoms with E-state index in [0.29, 0.717) is 13.1 Å². The monoisotopic (exact) mass is 440 g/mol. The number of aromatic nitrogens is 2. The first-order valence-electron chi connectivity index (χ1n) is 11.5. The second kappa shape index (κ2) is 9.14. The van der Waals surface area contributed by atoms with Crippen LogP contribution in [-0.4, -0.2) is 53.1 Å². The number of ether oxygens (including phenoxy) is 1. The van der Waals surface area contributed by atoms with Gasteiger partial charge in [0.1, 0.15) is 23.1 Å². The molecule has 7 heteroatoms. The second-order valence-corrected chi connectivity index (χ2v) is 9.43. The van der Waals surface area contributed by atoms with Crippen molar-refractivity contribution in [2.45, 2.75) is 64.5 Å². The molecule has 0 radical (unpaired) electrons. The lowest BCUT2D eigenvalue weighted by Gasteiger charge is -2.37. The van der Waals surface area contributed by atoms with E-state index in [4.69, 9.17) is 14.7 Å². The van der Waals surface area contributed by atoms with E-state index in [9.17, 15) is 9.18 Å². The molecule has 0 saturated carbocycles. The number of methoxy groups -OCH3 is 1. The van der Waals surface area contributed by atoms with Crippen LogP contribution in [0.4, 0.5) is 10.2 Å². The Labute approximate surface area is 189 Å². The molecule has 1 aromatic carbocycles. The van der Waals surface area contributed by atoms with Gasteiger partial charge in [0.05, 0.1) is 0 Å². The average molecular weight is 441 g/mol. The molecule has 2 aliphatic rings. The number of hydrogen-bond donors (Lipinski definition) is 0. The Morgan fingerprint density at radius 1 is 1.19 bits per heavy atom. The van der Waals surface area contributed by atoms with Crippen LogP contribution in [-0.2, 0) is 22.5 Å². The lowest BCUT2D eigenvalue weighted by molar-refractivity contribution is -0.152. The van der Waals surface area contributed by atoms with Gasteiger partial charge >= 0.3 is 0 Å². The van der Waals surface area contributed by atoms with Gasteiger partial charge < -0.3 is 14.5 Å². The molecule has 3 heterocycles. The van der Waals surface area contributed by atoms with E-state index in [1.807, 2.05) is 30.9 Å². The molecule has 1 saturated heterocycles. The van der Waals surface area contributed by atoms with E-state index >= 15 is 0 Å². The van der Waals surface area contributed by atoms with Crippen molar-refractivity contribution in [1.29, 1.82) is 0 Å². The number of amides is 1. The van der Waals surface area contributed by atoms with Crippen LogP contribution in [0, 0.1) is 12.7 Å². The summed E-state index contributed by atoms with van der Waals surface area (Å²) in [5.74, 6) is 1.71. The Balaban J connectivity index is 1.59. The summed E-state index contributed by atoms with van der Waals surface area (Å²) < 4.78 is 18.7. The molecule has 172 valence electrons. The molecule has 32 heavy (non-hydrogen) atoms. The van der Waals surface area contributed by atoms with Gasteiger partial charge in [0.25, 0.3) is 5.91 Å². The zero-order valence-corrected chi connectivity index (χ0v) is 19.5. The Kier molecular flexibility index (Phi) is 6.47. The van der Waals surface area contributed by atoms with Crippen LogP contribution in [0.1, 0.15) is 61.7 Å². The molecule has 0 N–H and O–H groups in total. The maximum atomic E-state index is 13.3. The van der Waals surface area contributed by atoms with Crippen LogP contribution in [0.3, 0.4) is 0 Å². The Morgan fingerprint density at radius 3 is 2.66 bits per heavy atom. The van der Waals surface area contributed by atoms with Gasteiger partial charge in [-0.2, -0.15) is 0 Å². The van der Waals surface area contributed by atoms with Gasteiger partial charge in [0.15, 0.2) is 0 Å². The van der Waals surface area contributed by atoms with Crippen molar-refractivity contribution in [3.05, 3.63) is 52.7 Å². The topological polar surface area (TPSA) is 58.6 Å². The van der Waals surface area contributed by atoms with Gasteiger partial charge in [-0.1, -0.05) is 12.1 Å². The summed E-state index contributed by atoms with van der Waals surface area (Å²) in [5, 5.41) is 0. The molecule has 2 aromatic rings. The quantitative estimate of drug-likeness (QED) is 0.703.